The van der Waals surface area contributed by atoms with Gasteiger partial charge < -0.3 is 5.11 Å². The molecule has 0 amide bonds. The molecule has 0 fully saturated rings. The predicted molar refractivity (Wildman–Crippen MR) is 71.6 cm³/mol. The molecule has 0 spiro atoms. The highest BCUT2D eigenvalue weighted by Crippen LogP contribution is 2.31. The van der Waals surface area contributed by atoms with Gasteiger partial charge >= 0.3 is 0 Å². The number of hydrogen-bond acceptors (Lipinski definition) is 1. The van der Waals surface area contributed by atoms with E-state index in [-0.39, 0.29) is 0 Å². The molecule has 0 atom stereocenters. The molecule has 0 aliphatic heterocycles. The van der Waals surface area contributed by atoms with Gasteiger partial charge in [-0.2, -0.15) is 0 Å². The van der Waals surface area contributed by atoms with Gasteiger partial charge in [0.1, 0.15) is 5.60 Å². The van der Waals surface area contributed by atoms with E-state index in [9.17, 15) is 5.11 Å². The monoisotopic (exact) mass is 266 g/mol. The van der Waals surface area contributed by atoms with Crippen molar-refractivity contribution in [3.05, 3.63) is 69.7 Å². The van der Waals surface area contributed by atoms with Gasteiger partial charge in [-0.3, -0.25) is 0 Å². The Kier molecular flexibility index (Phi) is 3.43. The Labute approximate surface area is 111 Å². The van der Waals surface area contributed by atoms with Crippen LogP contribution in [0.25, 0.3) is 0 Å². The molecule has 2 rings (SSSR count). The van der Waals surface area contributed by atoms with Gasteiger partial charge in [0.25, 0.3) is 0 Å². The van der Waals surface area contributed by atoms with Crippen molar-refractivity contribution in [2.45, 2.75) is 12.5 Å². The third kappa shape index (κ3) is 2.63. The van der Waals surface area contributed by atoms with E-state index in [0.29, 0.717) is 10.0 Å². The molecule has 1 N–H and O–H groups in total. The molecule has 0 saturated carbocycles. The minimum atomic E-state index is -1.10. The van der Waals surface area contributed by atoms with Crippen LogP contribution in [0, 0.1) is 0 Å². The third-order valence-corrected chi connectivity index (χ3v) is 3.24. The topological polar surface area (TPSA) is 20.2 Å². The fraction of sp³-hybridized carbons (Fsp3) is 0.143. The average molecular weight is 267 g/mol. The highest BCUT2D eigenvalue weighted by atomic mass is 35.5. The van der Waals surface area contributed by atoms with Crippen molar-refractivity contribution >= 4 is 23.2 Å². The summed E-state index contributed by atoms with van der Waals surface area (Å²) in [5.41, 5.74) is 0.384. The van der Waals surface area contributed by atoms with Crippen LogP contribution in [0.3, 0.4) is 0 Å². The van der Waals surface area contributed by atoms with E-state index in [4.69, 9.17) is 23.2 Å². The Morgan fingerprint density at radius 1 is 0.882 bits per heavy atom. The first-order chi connectivity index (χ1) is 8.00. The second-order valence-electron chi connectivity index (χ2n) is 4.09. The molecule has 88 valence electrons. The van der Waals surface area contributed by atoms with Crippen LogP contribution < -0.4 is 0 Å². The summed E-state index contributed by atoms with van der Waals surface area (Å²) in [6.45, 7) is 1.73. The van der Waals surface area contributed by atoms with Gasteiger partial charge in [-0.25, -0.2) is 0 Å². The summed E-state index contributed by atoms with van der Waals surface area (Å²) in [6, 6.07) is 14.4. The van der Waals surface area contributed by atoms with E-state index < -0.39 is 5.60 Å². The number of rotatable bonds is 2. The Bertz CT molecular complexity index is 488. The molecule has 0 aliphatic rings. The Morgan fingerprint density at radius 3 is 1.65 bits per heavy atom. The zero-order valence-electron chi connectivity index (χ0n) is 9.32. The average Bonchev–Trinajstić information content (AvgIpc) is 2.29. The normalized spacial score (nSPS) is 11.5. The Hall–Kier alpha value is -1.02. The van der Waals surface area contributed by atoms with Crippen LogP contribution in [-0.4, -0.2) is 5.11 Å². The van der Waals surface area contributed by atoms with Crippen molar-refractivity contribution < 1.29 is 5.11 Å². The van der Waals surface area contributed by atoms with Crippen LogP contribution in [0.2, 0.25) is 10.0 Å². The van der Waals surface area contributed by atoms with Crippen molar-refractivity contribution in [2.24, 2.45) is 0 Å². The SMILES string of the molecule is CC(O)(c1cccc(Cl)c1)c1cccc(Cl)c1. The van der Waals surface area contributed by atoms with Crippen LogP contribution in [0.4, 0.5) is 0 Å². The number of halogens is 2. The summed E-state index contributed by atoms with van der Waals surface area (Å²) in [5.74, 6) is 0. The molecule has 0 radical (unpaired) electrons. The van der Waals surface area contributed by atoms with Gasteiger partial charge in [0, 0.05) is 10.0 Å². The quantitative estimate of drug-likeness (QED) is 0.862. The van der Waals surface area contributed by atoms with Crippen molar-refractivity contribution in [3.63, 3.8) is 0 Å². The molecule has 0 unspecified atom stereocenters. The van der Waals surface area contributed by atoms with Crippen LogP contribution in [0.15, 0.2) is 48.5 Å². The van der Waals surface area contributed by atoms with Crippen molar-refractivity contribution in [3.8, 4) is 0 Å². The van der Waals surface area contributed by atoms with Gasteiger partial charge in [-0.05, 0) is 42.3 Å². The summed E-state index contributed by atoms with van der Waals surface area (Å²) in [4.78, 5) is 0. The Morgan fingerprint density at radius 2 is 1.29 bits per heavy atom. The maximum Gasteiger partial charge on any atom is 0.112 e. The minimum Gasteiger partial charge on any atom is -0.381 e. The number of aliphatic hydroxyl groups is 1. The number of benzene rings is 2. The van der Waals surface area contributed by atoms with E-state index in [2.05, 4.69) is 0 Å². The fourth-order valence-corrected chi connectivity index (χ4v) is 2.13. The first-order valence-electron chi connectivity index (χ1n) is 5.24. The second-order valence-corrected chi connectivity index (χ2v) is 4.97. The van der Waals surface area contributed by atoms with Crippen LogP contribution in [-0.2, 0) is 5.60 Å². The van der Waals surface area contributed by atoms with E-state index in [1.807, 2.05) is 24.3 Å². The molecule has 0 heterocycles. The van der Waals surface area contributed by atoms with Crippen LogP contribution >= 0.6 is 23.2 Å². The summed E-state index contributed by atoms with van der Waals surface area (Å²) in [5, 5.41) is 11.8. The first-order valence-corrected chi connectivity index (χ1v) is 6.00. The number of hydrogen-bond donors (Lipinski definition) is 1. The predicted octanol–water partition coefficient (Wildman–Crippen LogP) is 4.25. The van der Waals surface area contributed by atoms with Gasteiger partial charge in [0.2, 0.25) is 0 Å². The molecule has 1 nitrogen and oxygen atoms in total. The summed E-state index contributed by atoms with van der Waals surface area (Å²) in [6.07, 6.45) is 0. The van der Waals surface area contributed by atoms with E-state index in [1.165, 1.54) is 0 Å². The fourth-order valence-electron chi connectivity index (χ4n) is 1.75. The molecular formula is C14H12Cl2O. The Balaban J connectivity index is 2.49. The van der Waals surface area contributed by atoms with Crippen molar-refractivity contribution in [2.75, 3.05) is 0 Å². The lowest BCUT2D eigenvalue weighted by atomic mass is 9.88. The molecule has 3 heteroatoms. The molecule has 2 aromatic carbocycles. The van der Waals surface area contributed by atoms with Crippen molar-refractivity contribution in [1.82, 2.24) is 0 Å². The summed E-state index contributed by atoms with van der Waals surface area (Å²) in [7, 11) is 0. The lowest BCUT2D eigenvalue weighted by molar-refractivity contribution is 0.102. The second kappa shape index (κ2) is 4.69. The van der Waals surface area contributed by atoms with E-state index >= 15 is 0 Å². The van der Waals surface area contributed by atoms with Gasteiger partial charge in [0.15, 0.2) is 0 Å². The molecule has 2 aromatic rings. The maximum absolute atomic E-state index is 10.6. The summed E-state index contributed by atoms with van der Waals surface area (Å²) < 4.78 is 0. The molecular weight excluding hydrogens is 255 g/mol. The van der Waals surface area contributed by atoms with Gasteiger partial charge in [0.05, 0.1) is 0 Å². The van der Waals surface area contributed by atoms with Gasteiger partial charge in [-0.1, -0.05) is 47.5 Å². The van der Waals surface area contributed by atoms with Crippen molar-refractivity contribution in [1.29, 1.82) is 0 Å². The molecule has 0 saturated heterocycles. The van der Waals surface area contributed by atoms with Crippen LogP contribution in [0.5, 0.6) is 0 Å². The van der Waals surface area contributed by atoms with E-state index in [1.54, 1.807) is 31.2 Å². The van der Waals surface area contributed by atoms with Gasteiger partial charge in [-0.15, -0.1) is 0 Å². The van der Waals surface area contributed by atoms with E-state index in [0.717, 1.165) is 11.1 Å². The summed E-state index contributed by atoms with van der Waals surface area (Å²) >= 11 is 11.9. The smallest absolute Gasteiger partial charge is 0.112 e. The lowest BCUT2D eigenvalue weighted by Gasteiger charge is -2.24. The minimum absolute atomic E-state index is 0.602. The lowest BCUT2D eigenvalue weighted by Crippen LogP contribution is -2.22. The zero-order chi connectivity index (χ0) is 12.5. The molecule has 0 aliphatic carbocycles. The third-order valence-electron chi connectivity index (χ3n) is 2.77. The first kappa shape index (κ1) is 12.4. The maximum atomic E-state index is 10.6. The molecule has 0 aromatic heterocycles. The largest absolute Gasteiger partial charge is 0.381 e. The van der Waals surface area contributed by atoms with Crippen LogP contribution in [0.1, 0.15) is 18.1 Å². The zero-order valence-corrected chi connectivity index (χ0v) is 10.8. The standard InChI is InChI=1S/C14H12Cl2O/c1-14(17,10-4-2-6-12(15)8-10)11-5-3-7-13(16)9-11/h2-9,17H,1H3. The highest BCUT2D eigenvalue weighted by molar-refractivity contribution is 6.31. The molecule has 0 bridgehead atoms. The molecule has 17 heavy (non-hydrogen) atoms. The highest BCUT2D eigenvalue weighted by Gasteiger charge is 2.25.